The molecule has 0 fully saturated rings. The van der Waals surface area contributed by atoms with Gasteiger partial charge in [-0.25, -0.2) is 4.79 Å². The topological polar surface area (TPSA) is 57.3 Å². The average molecular weight is 298 g/mol. The molecule has 1 heterocycles. The summed E-state index contributed by atoms with van der Waals surface area (Å²) in [4.78, 5) is 18.1. The van der Waals surface area contributed by atoms with E-state index in [1.807, 2.05) is 33.2 Å². The number of nitrogens with one attached hydrogen (secondary N) is 2. The number of pyridine rings is 1. The van der Waals surface area contributed by atoms with E-state index < -0.39 is 0 Å². The lowest BCUT2D eigenvalue weighted by atomic mass is 10.1. The lowest BCUT2D eigenvalue weighted by Gasteiger charge is -2.12. The summed E-state index contributed by atoms with van der Waals surface area (Å²) in [5.74, 6) is 0. The molecule has 2 amide bonds. The highest BCUT2D eigenvalue weighted by Gasteiger charge is 2.04. The molecule has 1 aromatic heterocycles. The van der Waals surface area contributed by atoms with Gasteiger partial charge in [0, 0.05) is 31.2 Å². The van der Waals surface area contributed by atoms with Crippen molar-refractivity contribution in [3.05, 3.63) is 59.4 Å². The summed E-state index contributed by atoms with van der Waals surface area (Å²) in [6, 6.07) is 9.79. The Morgan fingerprint density at radius 1 is 1.23 bits per heavy atom. The Morgan fingerprint density at radius 3 is 2.73 bits per heavy atom. The Balaban J connectivity index is 1.90. The molecule has 0 spiro atoms. The molecule has 1 aromatic carbocycles. The van der Waals surface area contributed by atoms with Gasteiger partial charge >= 0.3 is 6.03 Å². The minimum atomic E-state index is -0.215. The van der Waals surface area contributed by atoms with E-state index in [0.717, 1.165) is 23.4 Å². The summed E-state index contributed by atoms with van der Waals surface area (Å²) >= 11 is 0. The second-order valence-electron chi connectivity index (χ2n) is 5.56. The Bertz CT molecular complexity index is 640. The molecule has 2 N–H and O–H groups in total. The molecule has 0 saturated heterocycles. The van der Waals surface area contributed by atoms with E-state index in [-0.39, 0.29) is 6.03 Å². The third kappa shape index (κ3) is 4.86. The summed E-state index contributed by atoms with van der Waals surface area (Å²) in [5, 5.41) is 5.70. The van der Waals surface area contributed by atoms with Gasteiger partial charge in [0.05, 0.1) is 0 Å². The van der Waals surface area contributed by atoms with Crippen LogP contribution >= 0.6 is 0 Å². The molecular weight excluding hydrogens is 276 g/mol. The van der Waals surface area contributed by atoms with Gasteiger partial charge in [-0.15, -0.1) is 0 Å². The standard InChI is InChI=1S/C17H22N4O/c1-13-10-18-8-7-16(13)20-17(22)19-11-14-5-4-6-15(9-14)12-21(2)3/h4-10H,11-12H2,1-3H3,(H2,18,19,20,22). The van der Waals surface area contributed by atoms with Crippen molar-refractivity contribution in [2.75, 3.05) is 19.4 Å². The van der Waals surface area contributed by atoms with Crippen LogP contribution in [0.4, 0.5) is 10.5 Å². The van der Waals surface area contributed by atoms with Crippen LogP contribution in [0.25, 0.3) is 0 Å². The van der Waals surface area contributed by atoms with Crippen molar-refractivity contribution in [3.8, 4) is 0 Å². The fourth-order valence-corrected chi connectivity index (χ4v) is 2.17. The van der Waals surface area contributed by atoms with Crippen LogP contribution in [0.2, 0.25) is 0 Å². The lowest BCUT2D eigenvalue weighted by Crippen LogP contribution is -2.28. The molecule has 0 aliphatic carbocycles. The number of aryl methyl sites for hydroxylation is 1. The van der Waals surface area contributed by atoms with E-state index in [9.17, 15) is 4.79 Å². The third-order valence-corrected chi connectivity index (χ3v) is 3.21. The van der Waals surface area contributed by atoms with Crippen LogP contribution in [-0.4, -0.2) is 30.0 Å². The van der Waals surface area contributed by atoms with Crippen molar-refractivity contribution in [2.24, 2.45) is 0 Å². The minimum Gasteiger partial charge on any atom is -0.334 e. The maximum Gasteiger partial charge on any atom is 0.319 e. The van der Waals surface area contributed by atoms with Gasteiger partial charge in [0.1, 0.15) is 0 Å². The van der Waals surface area contributed by atoms with E-state index in [0.29, 0.717) is 6.54 Å². The normalized spacial score (nSPS) is 10.5. The van der Waals surface area contributed by atoms with Gasteiger partial charge in [-0.1, -0.05) is 24.3 Å². The van der Waals surface area contributed by atoms with Crippen LogP contribution in [-0.2, 0) is 13.1 Å². The van der Waals surface area contributed by atoms with Crippen molar-refractivity contribution in [1.29, 1.82) is 0 Å². The molecule has 5 heteroatoms. The highest BCUT2D eigenvalue weighted by Crippen LogP contribution is 2.11. The number of hydrogen-bond donors (Lipinski definition) is 2. The van der Waals surface area contributed by atoms with E-state index in [1.165, 1.54) is 5.56 Å². The van der Waals surface area contributed by atoms with Crippen LogP contribution in [0, 0.1) is 6.92 Å². The first-order valence-electron chi connectivity index (χ1n) is 7.22. The fourth-order valence-electron chi connectivity index (χ4n) is 2.17. The van der Waals surface area contributed by atoms with Gasteiger partial charge in [0.15, 0.2) is 0 Å². The zero-order chi connectivity index (χ0) is 15.9. The number of carbonyl (C=O) groups excluding carboxylic acids is 1. The van der Waals surface area contributed by atoms with Gasteiger partial charge in [-0.2, -0.15) is 0 Å². The monoisotopic (exact) mass is 298 g/mol. The van der Waals surface area contributed by atoms with E-state index >= 15 is 0 Å². The van der Waals surface area contributed by atoms with Gasteiger partial charge < -0.3 is 15.5 Å². The predicted molar refractivity (Wildman–Crippen MR) is 88.7 cm³/mol. The number of rotatable bonds is 5. The molecule has 2 rings (SSSR count). The van der Waals surface area contributed by atoms with Gasteiger partial charge in [0.25, 0.3) is 0 Å². The summed E-state index contributed by atoms with van der Waals surface area (Å²) in [6.07, 6.45) is 3.38. The third-order valence-electron chi connectivity index (χ3n) is 3.21. The summed E-state index contributed by atoms with van der Waals surface area (Å²) in [5.41, 5.74) is 4.02. The van der Waals surface area contributed by atoms with E-state index in [4.69, 9.17) is 0 Å². The molecule has 0 saturated carbocycles. The maximum absolute atomic E-state index is 11.9. The van der Waals surface area contributed by atoms with Gasteiger partial charge in [-0.3, -0.25) is 4.98 Å². The first kappa shape index (κ1) is 16.0. The molecular formula is C17H22N4O. The number of carbonyl (C=O) groups is 1. The minimum absolute atomic E-state index is 0.215. The van der Waals surface area contributed by atoms with Crippen LogP contribution < -0.4 is 10.6 Å². The number of amides is 2. The zero-order valence-corrected chi connectivity index (χ0v) is 13.3. The molecule has 0 aliphatic heterocycles. The highest BCUT2D eigenvalue weighted by atomic mass is 16.2. The van der Waals surface area contributed by atoms with Crippen molar-refractivity contribution < 1.29 is 4.79 Å². The maximum atomic E-state index is 11.9. The Hall–Kier alpha value is -2.40. The van der Waals surface area contributed by atoms with Crippen molar-refractivity contribution in [1.82, 2.24) is 15.2 Å². The molecule has 0 aliphatic rings. The number of urea groups is 1. The SMILES string of the molecule is Cc1cnccc1NC(=O)NCc1cccc(CN(C)C)c1. The number of hydrogen-bond acceptors (Lipinski definition) is 3. The van der Waals surface area contributed by atoms with Crippen LogP contribution in [0.3, 0.4) is 0 Å². The Labute approximate surface area is 131 Å². The number of nitrogens with zero attached hydrogens (tertiary/aromatic N) is 2. The van der Waals surface area contributed by atoms with Crippen molar-refractivity contribution >= 4 is 11.7 Å². The first-order valence-corrected chi connectivity index (χ1v) is 7.22. The number of anilines is 1. The Morgan fingerprint density at radius 2 is 2.00 bits per heavy atom. The Kier molecular flexibility index (Phi) is 5.49. The second-order valence-corrected chi connectivity index (χ2v) is 5.56. The van der Waals surface area contributed by atoms with Crippen molar-refractivity contribution in [3.63, 3.8) is 0 Å². The van der Waals surface area contributed by atoms with E-state index in [2.05, 4.69) is 32.7 Å². The molecule has 22 heavy (non-hydrogen) atoms. The quantitative estimate of drug-likeness (QED) is 0.892. The van der Waals surface area contributed by atoms with Gasteiger partial charge in [0.2, 0.25) is 0 Å². The molecule has 0 unspecified atom stereocenters. The second kappa shape index (κ2) is 7.56. The zero-order valence-electron chi connectivity index (χ0n) is 13.3. The first-order chi connectivity index (χ1) is 10.5. The number of benzene rings is 1. The molecule has 0 bridgehead atoms. The van der Waals surface area contributed by atoms with E-state index in [1.54, 1.807) is 18.5 Å². The number of aromatic nitrogens is 1. The summed E-state index contributed by atoms with van der Waals surface area (Å²) in [6.45, 7) is 3.29. The van der Waals surface area contributed by atoms with Crippen LogP contribution in [0.5, 0.6) is 0 Å². The highest BCUT2D eigenvalue weighted by molar-refractivity contribution is 5.89. The smallest absolute Gasteiger partial charge is 0.319 e. The lowest BCUT2D eigenvalue weighted by molar-refractivity contribution is 0.251. The average Bonchev–Trinajstić information content (AvgIpc) is 2.47. The molecule has 0 radical (unpaired) electrons. The molecule has 116 valence electrons. The summed E-state index contributed by atoms with van der Waals surface area (Å²) in [7, 11) is 4.07. The van der Waals surface area contributed by atoms with Crippen LogP contribution in [0.1, 0.15) is 16.7 Å². The molecule has 5 nitrogen and oxygen atoms in total. The fraction of sp³-hybridized carbons (Fsp3) is 0.294. The largest absolute Gasteiger partial charge is 0.334 e. The molecule has 0 atom stereocenters. The van der Waals surface area contributed by atoms with Gasteiger partial charge in [-0.05, 0) is 43.8 Å². The van der Waals surface area contributed by atoms with Crippen molar-refractivity contribution in [2.45, 2.75) is 20.0 Å². The predicted octanol–water partition coefficient (Wildman–Crippen LogP) is 2.77. The summed E-state index contributed by atoms with van der Waals surface area (Å²) < 4.78 is 0. The molecule has 2 aromatic rings. The van der Waals surface area contributed by atoms with Crippen LogP contribution in [0.15, 0.2) is 42.7 Å².